The van der Waals surface area contributed by atoms with Gasteiger partial charge in [-0.05, 0) is 24.5 Å². The van der Waals surface area contributed by atoms with Crippen molar-refractivity contribution in [2.45, 2.75) is 32.9 Å². The van der Waals surface area contributed by atoms with E-state index in [0.29, 0.717) is 18.0 Å². The van der Waals surface area contributed by atoms with E-state index in [2.05, 4.69) is 60.2 Å². The standard InChI is InChI=1S/C14H22BrNO/c1-10(2)14(9-17-4)16-11(3)12-7-5-6-8-13(12)15/h5-8,10-11,14,16H,9H2,1-4H3. The fraction of sp³-hybridized carbons (Fsp3) is 0.571. The zero-order valence-corrected chi connectivity index (χ0v) is 12.6. The number of ether oxygens (including phenoxy) is 1. The van der Waals surface area contributed by atoms with E-state index in [-0.39, 0.29) is 0 Å². The van der Waals surface area contributed by atoms with Crippen molar-refractivity contribution in [3.8, 4) is 0 Å². The van der Waals surface area contributed by atoms with E-state index in [0.717, 1.165) is 11.1 Å². The molecule has 2 unspecified atom stereocenters. The lowest BCUT2D eigenvalue weighted by Gasteiger charge is -2.26. The molecule has 0 aliphatic carbocycles. The topological polar surface area (TPSA) is 21.3 Å². The van der Waals surface area contributed by atoms with Gasteiger partial charge in [0.15, 0.2) is 0 Å². The Bertz CT molecular complexity index is 341. The van der Waals surface area contributed by atoms with Crippen LogP contribution < -0.4 is 5.32 Å². The molecule has 0 spiro atoms. The largest absolute Gasteiger partial charge is 0.383 e. The van der Waals surface area contributed by atoms with E-state index in [9.17, 15) is 0 Å². The lowest BCUT2D eigenvalue weighted by molar-refractivity contribution is 0.141. The molecule has 0 heterocycles. The van der Waals surface area contributed by atoms with E-state index in [4.69, 9.17) is 4.74 Å². The molecule has 0 saturated carbocycles. The van der Waals surface area contributed by atoms with Crippen LogP contribution in [0.5, 0.6) is 0 Å². The van der Waals surface area contributed by atoms with Gasteiger partial charge in [-0.1, -0.05) is 48.0 Å². The predicted molar refractivity (Wildman–Crippen MR) is 76.2 cm³/mol. The number of hydrogen-bond donors (Lipinski definition) is 1. The predicted octanol–water partition coefficient (Wildman–Crippen LogP) is 3.77. The zero-order chi connectivity index (χ0) is 12.8. The minimum Gasteiger partial charge on any atom is -0.383 e. The third-order valence-electron chi connectivity index (χ3n) is 2.99. The SMILES string of the molecule is COCC(NC(C)c1ccccc1Br)C(C)C. The number of halogens is 1. The molecule has 0 saturated heterocycles. The minimum absolute atomic E-state index is 0.313. The minimum atomic E-state index is 0.313. The van der Waals surface area contributed by atoms with Crippen molar-refractivity contribution in [1.29, 1.82) is 0 Å². The lowest BCUT2D eigenvalue weighted by Crippen LogP contribution is -2.39. The maximum Gasteiger partial charge on any atom is 0.0618 e. The van der Waals surface area contributed by atoms with Gasteiger partial charge < -0.3 is 10.1 Å². The third kappa shape index (κ3) is 4.41. The molecule has 2 nitrogen and oxygen atoms in total. The molecule has 0 fully saturated rings. The quantitative estimate of drug-likeness (QED) is 0.863. The second-order valence-corrected chi connectivity index (χ2v) is 5.57. The van der Waals surface area contributed by atoms with Gasteiger partial charge in [-0.2, -0.15) is 0 Å². The van der Waals surface area contributed by atoms with Gasteiger partial charge in [0.05, 0.1) is 6.61 Å². The molecule has 0 aliphatic rings. The van der Waals surface area contributed by atoms with Crippen LogP contribution in [0.1, 0.15) is 32.4 Å². The van der Waals surface area contributed by atoms with E-state index in [1.54, 1.807) is 7.11 Å². The van der Waals surface area contributed by atoms with Gasteiger partial charge in [0.25, 0.3) is 0 Å². The highest BCUT2D eigenvalue weighted by Gasteiger charge is 2.17. The van der Waals surface area contributed by atoms with Crippen LogP contribution >= 0.6 is 15.9 Å². The summed E-state index contributed by atoms with van der Waals surface area (Å²) in [6, 6.07) is 9.02. The average Bonchev–Trinajstić information content (AvgIpc) is 2.28. The molecule has 1 N–H and O–H groups in total. The summed E-state index contributed by atoms with van der Waals surface area (Å²) in [6.45, 7) is 7.35. The van der Waals surface area contributed by atoms with Crippen LogP contribution in [0.3, 0.4) is 0 Å². The summed E-state index contributed by atoms with van der Waals surface area (Å²) in [7, 11) is 1.75. The Morgan fingerprint density at radius 1 is 1.24 bits per heavy atom. The van der Waals surface area contributed by atoms with Gasteiger partial charge in [0.1, 0.15) is 0 Å². The summed E-state index contributed by atoms with van der Waals surface area (Å²) < 4.78 is 6.41. The van der Waals surface area contributed by atoms with Gasteiger partial charge in [-0.3, -0.25) is 0 Å². The van der Waals surface area contributed by atoms with E-state index >= 15 is 0 Å². The molecule has 1 aromatic rings. The Kier molecular flexibility index (Phi) is 6.17. The molecule has 0 bridgehead atoms. The normalized spacial score (nSPS) is 14.9. The summed E-state index contributed by atoms with van der Waals surface area (Å²) >= 11 is 3.59. The summed E-state index contributed by atoms with van der Waals surface area (Å²) in [5, 5.41) is 3.62. The molecule has 1 aromatic carbocycles. The van der Waals surface area contributed by atoms with Crippen molar-refractivity contribution in [2.24, 2.45) is 5.92 Å². The fourth-order valence-corrected chi connectivity index (χ4v) is 2.48. The third-order valence-corrected chi connectivity index (χ3v) is 3.71. The highest BCUT2D eigenvalue weighted by atomic mass is 79.9. The second-order valence-electron chi connectivity index (χ2n) is 4.72. The Morgan fingerprint density at radius 2 is 1.88 bits per heavy atom. The number of nitrogens with one attached hydrogen (secondary N) is 1. The van der Waals surface area contributed by atoms with Crippen LogP contribution in [0.4, 0.5) is 0 Å². The van der Waals surface area contributed by atoms with Crippen molar-refractivity contribution in [3.05, 3.63) is 34.3 Å². The molecule has 0 aromatic heterocycles. The van der Waals surface area contributed by atoms with E-state index < -0.39 is 0 Å². The molecule has 0 radical (unpaired) electrons. The first-order valence-electron chi connectivity index (χ1n) is 6.05. The highest BCUT2D eigenvalue weighted by Crippen LogP contribution is 2.23. The Balaban J connectivity index is 2.70. The first-order chi connectivity index (χ1) is 8.06. The van der Waals surface area contributed by atoms with Crippen LogP contribution in [0.25, 0.3) is 0 Å². The van der Waals surface area contributed by atoms with Crippen LogP contribution in [-0.2, 0) is 4.74 Å². The Hall–Kier alpha value is -0.380. The zero-order valence-electron chi connectivity index (χ0n) is 11.0. The Morgan fingerprint density at radius 3 is 2.41 bits per heavy atom. The summed E-state index contributed by atoms with van der Waals surface area (Å²) in [5.41, 5.74) is 1.29. The van der Waals surface area contributed by atoms with Crippen molar-refractivity contribution < 1.29 is 4.74 Å². The van der Waals surface area contributed by atoms with Crippen molar-refractivity contribution >= 4 is 15.9 Å². The molecule has 96 valence electrons. The lowest BCUT2D eigenvalue weighted by atomic mass is 10.0. The van der Waals surface area contributed by atoms with Crippen molar-refractivity contribution in [1.82, 2.24) is 5.32 Å². The van der Waals surface area contributed by atoms with E-state index in [1.165, 1.54) is 5.56 Å². The molecule has 2 atom stereocenters. The summed E-state index contributed by atoms with van der Waals surface area (Å²) in [6.07, 6.45) is 0. The van der Waals surface area contributed by atoms with E-state index in [1.807, 2.05) is 6.07 Å². The molecule has 3 heteroatoms. The average molecular weight is 300 g/mol. The molecule has 0 aliphatic heterocycles. The van der Waals surface area contributed by atoms with Crippen LogP contribution in [0.15, 0.2) is 28.7 Å². The van der Waals surface area contributed by atoms with Gasteiger partial charge in [0, 0.05) is 23.7 Å². The van der Waals surface area contributed by atoms with Crippen molar-refractivity contribution in [3.63, 3.8) is 0 Å². The van der Waals surface area contributed by atoms with Crippen molar-refractivity contribution in [2.75, 3.05) is 13.7 Å². The first-order valence-corrected chi connectivity index (χ1v) is 6.85. The monoisotopic (exact) mass is 299 g/mol. The summed E-state index contributed by atoms with van der Waals surface area (Å²) in [4.78, 5) is 0. The van der Waals surface area contributed by atoms with Gasteiger partial charge >= 0.3 is 0 Å². The van der Waals surface area contributed by atoms with Gasteiger partial charge in [-0.15, -0.1) is 0 Å². The molecule has 1 rings (SSSR count). The maximum atomic E-state index is 5.26. The molecule has 17 heavy (non-hydrogen) atoms. The highest BCUT2D eigenvalue weighted by molar-refractivity contribution is 9.10. The second kappa shape index (κ2) is 7.14. The number of benzene rings is 1. The maximum absolute atomic E-state index is 5.26. The molecular formula is C14H22BrNO. The van der Waals surface area contributed by atoms with Crippen LogP contribution in [-0.4, -0.2) is 19.8 Å². The fourth-order valence-electron chi connectivity index (χ4n) is 1.85. The number of methoxy groups -OCH3 is 1. The number of rotatable bonds is 6. The van der Waals surface area contributed by atoms with Crippen LogP contribution in [0.2, 0.25) is 0 Å². The van der Waals surface area contributed by atoms with Crippen LogP contribution in [0, 0.1) is 5.92 Å². The number of hydrogen-bond acceptors (Lipinski definition) is 2. The van der Waals surface area contributed by atoms with Gasteiger partial charge in [0.2, 0.25) is 0 Å². The summed E-state index contributed by atoms with van der Waals surface area (Å²) in [5.74, 6) is 0.555. The molecule has 0 amide bonds. The first kappa shape index (κ1) is 14.7. The van der Waals surface area contributed by atoms with Gasteiger partial charge in [-0.25, -0.2) is 0 Å². The molecular weight excluding hydrogens is 278 g/mol. The Labute approximate surface area is 113 Å². The smallest absolute Gasteiger partial charge is 0.0618 e.